The predicted octanol–water partition coefficient (Wildman–Crippen LogP) is 6.17. The lowest BCUT2D eigenvalue weighted by molar-refractivity contribution is -0.123. The summed E-state index contributed by atoms with van der Waals surface area (Å²) in [4.78, 5) is 28.7. The van der Waals surface area contributed by atoms with E-state index in [1.165, 1.54) is 22.7 Å². The van der Waals surface area contributed by atoms with Gasteiger partial charge in [0, 0.05) is 23.2 Å². The fourth-order valence-electron chi connectivity index (χ4n) is 5.16. The van der Waals surface area contributed by atoms with Crippen LogP contribution in [0.5, 0.6) is 5.75 Å². The minimum absolute atomic E-state index is 0.0521. The molecule has 5 aromatic rings. The van der Waals surface area contributed by atoms with Crippen LogP contribution in [0.3, 0.4) is 0 Å². The Hall–Kier alpha value is -4.89. The number of halogens is 1. The standard InChI is InChI=1S/C34H29FN4O3S/c1-42-26-18-16-25(17-19-26)39-34-31(32(37-39)24-12-6-3-7-13-24)33(27-14-8-9-15-28(27)35)43-22-30(41)38(34)21-29(40)36-20-23-10-4-2-5-11-23/h2-19,33H,20-22H2,1H3,(H,36,40). The number of carbonyl (C=O) groups is 2. The Labute approximate surface area is 253 Å². The third-order valence-corrected chi connectivity index (χ3v) is 8.51. The number of benzene rings is 4. The number of rotatable bonds is 8. The van der Waals surface area contributed by atoms with Gasteiger partial charge in [-0.3, -0.25) is 14.5 Å². The first-order valence-electron chi connectivity index (χ1n) is 13.8. The van der Waals surface area contributed by atoms with Crippen molar-refractivity contribution in [1.29, 1.82) is 0 Å². The van der Waals surface area contributed by atoms with Gasteiger partial charge in [-0.05, 0) is 35.9 Å². The van der Waals surface area contributed by atoms with Gasteiger partial charge in [0.15, 0.2) is 0 Å². The largest absolute Gasteiger partial charge is 0.497 e. The minimum atomic E-state index is -0.556. The molecule has 0 fully saturated rings. The van der Waals surface area contributed by atoms with Crippen LogP contribution in [0.2, 0.25) is 0 Å². The van der Waals surface area contributed by atoms with E-state index >= 15 is 4.39 Å². The van der Waals surface area contributed by atoms with Gasteiger partial charge in [0.05, 0.1) is 29.5 Å². The number of ether oxygens (including phenoxy) is 1. The van der Waals surface area contributed by atoms with Crippen molar-refractivity contribution < 1.29 is 18.7 Å². The van der Waals surface area contributed by atoms with Crippen LogP contribution >= 0.6 is 11.8 Å². The highest BCUT2D eigenvalue weighted by Gasteiger charge is 2.38. The maximum Gasteiger partial charge on any atom is 0.240 e. The Morgan fingerprint density at radius 2 is 1.63 bits per heavy atom. The van der Waals surface area contributed by atoms with Crippen molar-refractivity contribution >= 4 is 29.4 Å². The van der Waals surface area contributed by atoms with Crippen molar-refractivity contribution in [3.63, 3.8) is 0 Å². The lowest BCUT2D eigenvalue weighted by Gasteiger charge is -2.23. The molecule has 4 aromatic carbocycles. The first-order valence-corrected chi connectivity index (χ1v) is 14.9. The number of carbonyl (C=O) groups excluding carboxylic acids is 2. The number of anilines is 1. The summed E-state index contributed by atoms with van der Waals surface area (Å²) < 4.78 is 22.4. The van der Waals surface area contributed by atoms with E-state index in [0.717, 1.165) is 11.1 Å². The van der Waals surface area contributed by atoms with E-state index in [-0.39, 0.29) is 29.9 Å². The summed E-state index contributed by atoms with van der Waals surface area (Å²) in [5, 5.41) is 7.42. The van der Waals surface area contributed by atoms with Crippen molar-refractivity contribution in [2.24, 2.45) is 0 Å². The van der Waals surface area contributed by atoms with E-state index in [4.69, 9.17) is 9.84 Å². The molecule has 1 aliphatic rings. The van der Waals surface area contributed by atoms with Gasteiger partial charge in [-0.15, -0.1) is 11.8 Å². The first-order chi connectivity index (χ1) is 21.0. The van der Waals surface area contributed by atoms with Gasteiger partial charge in [0.25, 0.3) is 0 Å². The Morgan fingerprint density at radius 1 is 0.953 bits per heavy atom. The van der Waals surface area contributed by atoms with Gasteiger partial charge >= 0.3 is 0 Å². The van der Waals surface area contributed by atoms with E-state index in [0.29, 0.717) is 40.6 Å². The van der Waals surface area contributed by atoms with Gasteiger partial charge in [0.2, 0.25) is 11.8 Å². The van der Waals surface area contributed by atoms with Crippen LogP contribution < -0.4 is 15.0 Å². The van der Waals surface area contributed by atoms with Crippen molar-refractivity contribution in [3.8, 4) is 22.7 Å². The number of hydrogen-bond donors (Lipinski definition) is 1. The van der Waals surface area contributed by atoms with Crippen LogP contribution in [0.25, 0.3) is 16.9 Å². The van der Waals surface area contributed by atoms with Crippen molar-refractivity contribution in [2.45, 2.75) is 11.8 Å². The van der Waals surface area contributed by atoms with E-state index < -0.39 is 5.25 Å². The molecule has 1 atom stereocenters. The third-order valence-electron chi connectivity index (χ3n) is 7.28. The van der Waals surface area contributed by atoms with Gasteiger partial charge < -0.3 is 10.1 Å². The molecule has 0 spiro atoms. The fraction of sp³-hybridized carbons (Fsp3) is 0.147. The molecule has 43 heavy (non-hydrogen) atoms. The second-order valence-corrected chi connectivity index (χ2v) is 11.1. The van der Waals surface area contributed by atoms with Gasteiger partial charge in [-0.25, -0.2) is 9.07 Å². The molecule has 1 unspecified atom stereocenters. The van der Waals surface area contributed by atoms with Gasteiger partial charge in [-0.1, -0.05) is 78.9 Å². The second-order valence-electron chi connectivity index (χ2n) is 10.0. The summed E-state index contributed by atoms with van der Waals surface area (Å²) >= 11 is 1.33. The van der Waals surface area contributed by atoms with Crippen molar-refractivity contribution in [3.05, 3.63) is 132 Å². The predicted molar refractivity (Wildman–Crippen MR) is 167 cm³/mol. The Morgan fingerprint density at radius 3 is 2.33 bits per heavy atom. The molecule has 2 amide bonds. The van der Waals surface area contributed by atoms with Gasteiger partial charge in [-0.2, -0.15) is 5.10 Å². The smallest absolute Gasteiger partial charge is 0.240 e. The lowest BCUT2D eigenvalue weighted by atomic mass is 9.99. The highest BCUT2D eigenvalue weighted by Crippen LogP contribution is 2.49. The molecular weight excluding hydrogens is 563 g/mol. The summed E-state index contributed by atoms with van der Waals surface area (Å²) in [5.41, 5.74) is 4.15. The zero-order valence-electron chi connectivity index (χ0n) is 23.4. The molecule has 0 radical (unpaired) electrons. The average Bonchev–Trinajstić information content (AvgIpc) is 3.38. The molecular formula is C34H29FN4O3S. The number of fused-ring (bicyclic) bond motifs is 1. The molecule has 1 aliphatic heterocycles. The Balaban J connectivity index is 1.52. The number of nitrogens with zero attached hydrogens (tertiary/aromatic N) is 3. The monoisotopic (exact) mass is 592 g/mol. The molecule has 216 valence electrons. The molecule has 0 saturated heterocycles. The summed E-state index contributed by atoms with van der Waals surface area (Å²) in [6.45, 7) is 0.105. The van der Waals surface area contributed by atoms with Crippen LogP contribution in [-0.2, 0) is 16.1 Å². The van der Waals surface area contributed by atoms with Crippen LogP contribution in [0, 0.1) is 5.82 Å². The van der Waals surface area contributed by atoms with Crippen molar-refractivity contribution in [1.82, 2.24) is 15.1 Å². The fourth-order valence-corrected chi connectivity index (χ4v) is 6.38. The number of aromatic nitrogens is 2. The van der Waals surface area contributed by atoms with Crippen LogP contribution in [-0.4, -0.2) is 41.0 Å². The zero-order valence-corrected chi connectivity index (χ0v) is 24.3. The van der Waals surface area contributed by atoms with E-state index in [1.54, 1.807) is 30.0 Å². The van der Waals surface area contributed by atoms with Crippen LogP contribution in [0.4, 0.5) is 10.2 Å². The molecule has 2 heterocycles. The number of methoxy groups -OCH3 is 1. The first kappa shape index (κ1) is 28.2. The highest BCUT2D eigenvalue weighted by atomic mass is 32.2. The van der Waals surface area contributed by atoms with Gasteiger partial charge in [0.1, 0.15) is 23.9 Å². The number of nitrogens with one attached hydrogen (secondary N) is 1. The molecule has 0 saturated carbocycles. The summed E-state index contributed by atoms with van der Waals surface area (Å²) in [6.07, 6.45) is 0. The summed E-state index contributed by atoms with van der Waals surface area (Å²) in [5.74, 6) is 0.191. The maximum absolute atomic E-state index is 15.4. The zero-order chi connectivity index (χ0) is 29.8. The Bertz CT molecular complexity index is 1740. The van der Waals surface area contributed by atoms with Crippen LogP contribution in [0.15, 0.2) is 109 Å². The van der Waals surface area contributed by atoms with E-state index in [1.807, 2.05) is 84.9 Å². The maximum atomic E-state index is 15.4. The molecule has 1 N–H and O–H groups in total. The molecule has 0 aliphatic carbocycles. The third kappa shape index (κ3) is 5.89. The molecule has 1 aromatic heterocycles. The van der Waals surface area contributed by atoms with Crippen molar-refractivity contribution in [2.75, 3.05) is 24.3 Å². The quantitative estimate of drug-likeness (QED) is 0.233. The Kier molecular flexibility index (Phi) is 8.24. The number of amides is 2. The summed E-state index contributed by atoms with van der Waals surface area (Å²) in [7, 11) is 1.59. The SMILES string of the molecule is COc1ccc(-n2nc(-c3ccccc3)c3c2N(CC(=O)NCc2ccccc2)C(=O)CSC3c2ccccc2F)cc1. The number of hydrogen-bond acceptors (Lipinski definition) is 5. The average molecular weight is 593 g/mol. The highest BCUT2D eigenvalue weighted by molar-refractivity contribution is 8.00. The van der Waals surface area contributed by atoms with E-state index in [2.05, 4.69) is 5.32 Å². The minimum Gasteiger partial charge on any atom is -0.497 e. The normalized spacial score (nSPS) is 14.6. The molecule has 7 nitrogen and oxygen atoms in total. The molecule has 6 rings (SSSR count). The summed E-state index contributed by atoms with van der Waals surface area (Å²) in [6, 6.07) is 33.1. The lowest BCUT2D eigenvalue weighted by Crippen LogP contribution is -2.42. The topological polar surface area (TPSA) is 76.5 Å². The second kappa shape index (κ2) is 12.5. The van der Waals surface area contributed by atoms with Crippen LogP contribution in [0.1, 0.15) is 21.9 Å². The van der Waals surface area contributed by atoms with E-state index in [9.17, 15) is 9.59 Å². The molecule has 0 bridgehead atoms. The number of thioether (sulfide) groups is 1. The molecule has 9 heteroatoms.